The van der Waals surface area contributed by atoms with E-state index in [1.165, 1.54) is 7.11 Å². The molecular formula is C10H11BrO4. The Kier molecular flexibility index (Phi) is 3.57. The van der Waals surface area contributed by atoms with Crippen LogP contribution < -0.4 is 4.74 Å². The van der Waals surface area contributed by atoms with E-state index in [-0.39, 0.29) is 12.2 Å². The van der Waals surface area contributed by atoms with Crippen molar-refractivity contribution in [2.24, 2.45) is 0 Å². The summed E-state index contributed by atoms with van der Waals surface area (Å²) in [5.41, 5.74) is 1.14. The lowest BCUT2D eigenvalue weighted by Gasteiger charge is -2.12. The fourth-order valence-electron chi connectivity index (χ4n) is 1.33. The number of aliphatic carboxylic acids is 1. The first-order valence-electron chi connectivity index (χ1n) is 4.24. The van der Waals surface area contributed by atoms with Gasteiger partial charge in [-0.25, -0.2) is 0 Å². The first-order chi connectivity index (χ1) is 6.97. The number of hydrogen-bond acceptors (Lipinski definition) is 3. The highest BCUT2D eigenvalue weighted by Gasteiger charge is 2.16. The van der Waals surface area contributed by atoms with Gasteiger partial charge >= 0.3 is 5.97 Å². The molecule has 0 saturated heterocycles. The van der Waals surface area contributed by atoms with Gasteiger partial charge in [0.2, 0.25) is 0 Å². The van der Waals surface area contributed by atoms with Crippen LogP contribution in [0.25, 0.3) is 0 Å². The van der Waals surface area contributed by atoms with Gasteiger partial charge in [0, 0.05) is 5.56 Å². The summed E-state index contributed by atoms with van der Waals surface area (Å²) < 4.78 is 5.43. The number of aryl methyl sites for hydroxylation is 1. The maximum Gasteiger partial charge on any atom is 0.307 e. The van der Waals surface area contributed by atoms with Crippen molar-refractivity contribution in [1.29, 1.82) is 0 Å². The molecule has 0 radical (unpaired) electrons. The number of carboxylic acids is 1. The molecule has 0 spiro atoms. The van der Waals surface area contributed by atoms with Gasteiger partial charge in [0.1, 0.15) is 16.0 Å². The van der Waals surface area contributed by atoms with Gasteiger partial charge in [-0.05, 0) is 34.5 Å². The van der Waals surface area contributed by atoms with Crippen molar-refractivity contribution in [2.75, 3.05) is 7.11 Å². The largest absolute Gasteiger partial charge is 0.506 e. The molecule has 2 N–H and O–H groups in total. The summed E-state index contributed by atoms with van der Waals surface area (Å²) in [7, 11) is 1.43. The average Bonchev–Trinajstić information content (AvgIpc) is 2.14. The SMILES string of the molecule is COc1c(CC(=O)O)cc(C)c(O)c1Br. The number of halogens is 1. The predicted octanol–water partition coefficient (Wildman–Crippen LogP) is 2.10. The minimum Gasteiger partial charge on any atom is -0.506 e. The summed E-state index contributed by atoms with van der Waals surface area (Å²) >= 11 is 3.16. The Labute approximate surface area is 95.6 Å². The van der Waals surface area contributed by atoms with E-state index in [1.807, 2.05) is 0 Å². The lowest BCUT2D eigenvalue weighted by atomic mass is 10.1. The number of rotatable bonds is 3. The summed E-state index contributed by atoms with van der Waals surface area (Å²) in [6.07, 6.45) is -0.136. The second-order valence-electron chi connectivity index (χ2n) is 3.12. The summed E-state index contributed by atoms with van der Waals surface area (Å²) in [5.74, 6) is -0.508. The first kappa shape index (κ1) is 11.8. The van der Waals surface area contributed by atoms with Crippen LogP contribution in [0.15, 0.2) is 10.5 Å². The second kappa shape index (κ2) is 4.53. The smallest absolute Gasteiger partial charge is 0.307 e. The van der Waals surface area contributed by atoms with Gasteiger partial charge in [-0.15, -0.1) is 0 Å². The highest BCUT2D eigenvalue weighted by Crippen LogP contribution is 2.39. The maximum absolute atomic E-state index is 10.6. The van der Waals surface area contributed by atoms with Crippen LogP contribution in [0.5, 0.6) is 11.5 Å². The molecule has 0 fully saturated rings. The van der Waals surface area contributed by atoms with E-state index in [2.05, 4.69) is 15.9 Å². The number of hydrogen-bond donors (Lipinski definition) is 2. The molecule has 1 aromatic carbocycles. The monoisotopic (exact) mass is 274 g/mol. The highest BCUT2D eigenvalue weighted by atomic mass is 79.9. The van der Waals surface area contributed by atoms with E-state index in [4.69, 9.17) is 9.84 Å². The van der Waals surface area contributed by atoms with Crippen LogP contribution in [0, 0.1) is 6.92 Å². The number of benzene rings is 1. The van der Waals surface area contributed by atoms with E-state index in [0.29, 0.717) is 21.3 Å². The second-order valence-corrected chi connectivity index (χ2v) is 3.91. The van der Waals surface area contributed by atoms with E-state index in [1.54, 1.807) is 13.0 Å². The van der Waals surface area contributed by atoms with Gasteiger partial charge < -0.3 is 14.9 Å². The third-order valence-electron chi connectivity index (χ3n) is 2.01. The Morgan fingerprint density at radius 3 is 2.67 bits per heavy atom. The number of carboxylic acid groups (broad SMARTS) is 1. The Morgan fingerprint density at radius 2 is 2.20 bits per heavy atom. The lowest BCUT2D eigenvalue weighted by Crippen LogP contribution is -2.03. The van der Waals surface area contributed by atoms with Crippen LogP contribution in [0.3, 0.4) is 0 Å². The minimum absolute atomic E-state index is 0.0704. The maximum atomic E-state index is 10.6. The summed E-state index contributed by atoms with van der Waals surface area (Å²) in [5, 5.41) is 18.3. The molecule has 5 heteroatoms. The van der Waals surface area contributed by atoms with Crippen molar-refractivity contribution in [3.05, 3.63) is 21.7 Å². The predicted molar refractivity (Wildman–Crippen MR) is 58.4 cm³/mol. The van der Waals surface area contributed by atoms with E-state index in [0.717, 1.165) is 0 Å². The standard InChI is InChI=1S/C10H11BrO4/c1-5-3-6(4-7(12)13)10(15-2)8(11)9(5)14/h3,14H,4H2,1-2H3,(H,12,13). The molecule has 0 bridgehead atoms. The van der Waals surface area contributed by atoms with Crippen molar-refractivity contribution in [1.82, 2.24) is 0 Å². The number of ether oxygens (including phenoxy) is 1. The van der Waals surface area contributed by atoms with Gasteiger partial charge in [0.15, 0.2) is 0 Å². The van der Waals surface area contributed by atoms with Crippen LogP contribution in [0.2, 0.25) is 0 Å². The van der Waals surface area contributed by atoms with Crippen molar-refractivity contribution in [2.45, 2.75) is 13.3 Å². The molecule has 0 aliphatic heterocycles. The molecule has 0 aliphatic carbocycles. The van der Waals surface area contributed by atoms with Gasteiger partial charge in [0.05, 0.1) is 13.5 Å². The Morgan fingerprint density at radius 1 is 1.60 bits per heavy atom. The van der Waals surface area contributed by atoms with Gasteiger partial charge in [-0.1, -0.05) is 0 Å². The topological polar surface area (TPSA) is 66.8 Å². The molecule has 0 atom stereocenters. The van der Waals surface area contributed by atoms with Crippen LogP contribution in [-0.2, 0) is 11.2 Å². The Hall–Kier alpha value is -1.23. The molecule has 1 rings (SSSR count). The van der Waals surface area contributed by atoms with Crippen LogP contribution in [0.1, 0.15) is 11.1 Å². The molecule has 0 amide bonds. The zero-order valence-electron chi connectivity index (χ0n) is 8.37. The molecule has 4 nitrogen and oxygen atoms in total. The van der Waals surface area contributed by atoms with E-state index < -0.39 is 5.97 Å². The quantitative estimate of drug-likeness (QED) is 0.886. The fraction of sp³-hybridized carbons (Fsp3) is 0.300. The summed E-state index contributed by atoms with van der Waals surface area (Å²) in [6, 6.07) is 1.60. The number of carbonyl (C=O) groups is 1. The zero-order valence-corrected chi connectivity index (χ0v) is 9.96. The highest BCUT2D eigenvalue weighted by molar-refractivity contribution is 9.10. The third-order valence-corrected chi connectivity index (χ3v) is 2.74. The Balaban J connectivity index is 3.31. The number of phenols is 1. The lowest BCUT2D eigenvalue weighted by molar-refractivity contribution is -0.136. The van der Waals surface area contributed by atoms with Crippen molar-refractivity contribution in [3.8, 4) is 11.5 Å². The number of phenolic OH excluding ortho intramolecular Hbond substituents is 1. The van der Waals surface area contributed by atoms with Gasteiger partial charge in [-0.3, -0.25) is 4.79 Å². The molecular weight excluding hydrogens is 264 g/mol. The molecule has 0 aromatic heterocycles. The first-order valence-corrected chi connectivity index (χ1v) is 5.03. The number of aromatic hydroxyl groups is 1. The molecule has 0 heterocycles. The van der Waals surface area contributed by atoms with Gasteiger partial charge in [-0.2, -0.15) is 0 Å². The number of methoxy groups -OCH3 is 1. The molecule has 15 heavy (non-hydrogen) atoms. The normalized spacial score (nSPS) is 10.1. The average molecular weight is 275 g/mol. The molecule has 0 aliphatic rings. The fourth-order valence-corrected chi connectivity index (χ4v) is 2.06. The van der Waals surface area contributed by atoms with Crippen molar-refractivity contribution < 1.29 is 19.7 Å². The summed E-state index contributed by atoms with van der Waals surface area (Å²) in [4.78, 5) is 10.6. The zero-order chi connectivity index (χ0) is 11.6. The summed E-state index contributed by atoms with van der Waals surface area (Å²) in [6.45, 7) is 1.70. The molecule has 82 valence electrons. The van der Waals surface area contributed by atoms with Crippen LogP contribution in [-0.4, -0.2) is 23.3 Å². The molecule has 0 unspecified atom stereocenters. The van der Waals surface area contributed by atoms with Crippen molar-refractivity contribution in [3.63, 3.8) is 0 Å². The molecule has 1 aromatic rings. The van der Waals surface area contributed by atoms with E-state index >= 15 is 0 Å². The van der Waals surface area contributed by atoms with Crippen LogP contribution >= 0.6 is 15.9 Å². The van der Waals surface area contributed by atoms with Crippen LogP contribution in [0.4, 0.5) is 0 Å². The van der Waals surface area contributed by atoms with E-state index in [9.17, 15) is 9.90 Å². The minimum atomic E-state index is -0.940. The third kappa shape index (κ3) is 2.41. The Bertz CT molecular complexity index is 401. The van der Waals surface area contributed by atoms with Gasteiger partial charge in [0.25, 0.3) is 0 Å². The van der Waals surface area contributed by atoms with Crippen molar-refractivity contribution >= 4 is 21.9 Å². The molecule has 0 saturated carbocycles.